The lowest BCUT2D eigenvalue weighted by Gasteiger charge is -2.29. The summed E-state index contributed by atoms with van der Waals surface area (Å²) in [5.74, 6) is 0.175. The van der Waals surface area contributed by atoms with E-state index < -0.39 is 0 Å². The number of nitriles is 1. The SMILES string of the molecule is N#C/C(=C/c1ccc(N2CCOCC2)c(F)c1)c1nc2ccccc2[nH]1. The average molecular weight is 348 g/mol. The third-order valence-corrected chi connectivity index (χ3v) is 4.40. The number of imidazole rings is 1. The number of H-pyrrole nitrogens is 1. The Morgan fingerprint density at radius 1 is 1.23 bits per heavy atom. The number of aromatic amines is 1. The molecule has 5 nitrogen and oxygen atoms in total. The number of para-hydroxylation sites is 2. The van der Waals surface area contributed by atoms with Crippen molar-refractivity contribution in [1.82, 2.24) is 9.97 Å². The van der Waals surface area contributed by atoms with Crippen LogP contribution in [-0.2, 0) is 4.74 Å². The number of fused-ring (bicyclic) bond motifs is 1. The second-order valence-corrected chi connectivity index (χ2v) is 6.08. The molecule has 1 aliphatic heterocycles. The molecule has 0 aliphatic carbocycles. The van der Waals surface area contributed by atoms with Crippen LogP contribution in [0.5, 0.6) is 0 Å². The molecule has 1 aliphatic rings. The number of benzene rings is 2. The Labute approximate surface area is 150 Å². The van der Waals surface area contributed by atoms with E-state index in [-0.39, 0.29) is 5.82 Å². The number of morpholine rings is 1. The fraction of sp³-hybridized carbons (Fsp3) is 0.200. The molecule has 0 unspecified atom stereocenters. The highest BCUT2D eigenvalue weighted by molar-refractivity contribution is 5.90. The summed E-state index contributed by atoms with van der Waals surface area (Å²) in [5, 5.41) is 9.50. The highest BCUT2D eigenvalue weighted by atomic mass is 19.1. The molecule has 6 heteroatoms. The van der Waals surface area contributed by atoms with Gasteiger partial charge in [-0.15, -0.1) is 0 Å². The molecule has 4 rings (SSSR count). The molecule has 0 spiro atoms. The molecule has 130 valence electrons. The smallest absolute Gasteiger partial charge is 0.149 e. The molecule has 3 aromatic rings. The van der Waals surface area contributed by atoms with E-state index in [0.29, 0.717) is 49.0 Å². The van der Waals surface area contributed by atoms with Gasteiger partial charge in [0.2, 0.25) is 0 Å². The lowest BCUT2D eigenvalue weighted by Crippen LogP contribution is -2.36. The predicted octanol–water partition coefficient (Wildman–Crippen LogP) is 3.60. The van der Waals surface area contributed by atoms with Gasteiger partial charge in [-0.3, -0.25) is 0 Å². The number of halogens is 1. The Morgan fingerprint density at radius 3 is 2.77 bits per heavy atom. The summed E-state index contributed by atoms with van der Waals surface area (Å²) in [5.41, 5.74) is 3.19. The third kappa shape index (κ3) is 3.17. The summed E-state index contributed by atoms with van der Waals surface area (Å²) in [6.07, 6.45) is 1.64. The van der Waals surface area contributed by atoms with Crippen LogP contribution in [0.15, 0.2) is 42.5 Å². The molecule has 2 heterocycles. The van der Waals surface area contributed by atoms with Gasteiger partial charge >= 0.3 is 0 Å². The first-order valence-corrected chi connectivity index (χ1v) is 8.44. The fourth-order valence-corrected chi connectivity index (χ4v) is 3.07. The Hall–Kier alpha value is -3.17. The number of rotatable bonds is 3. The molecule has 1 aromatic heterocycles. The molecular weight excluding hydrogens is 331 g/mol. The lowest BCUT2D eigenvalue weighted by atomic mass is 10.1. The first kappa shape index (κ1) is 16.3. The van der Waals surface area contributed by atoms with Crippen molar-refractivity contribution in [2.45, 2.75) is 0 Å². The standard InChI is InChI=1S/C20H17FN4O/c21-16-12-14(5-6-19(16)25-7-9-26-10-8-25)11-15(13-22)20-23-17-3-1-2-4-18(17)24-20/h1-6,11-12H,7-10H2,(H,23,24)/b15-11-. The Morgan fingerprint density at radius 2 is 2.04 bits per heavy atom. The van der Waals surface area contributed by atoms with Gasteiger partial charge in [-0.05, 0) is 35.9 Å². The number of anilines is 1. The van der Waals surface area contributed by atoms with Gasteiger partial charge in [-0.1, -0.05) is 18.2 Å². The van der Waals surface area contributed by atoms with Gasteiger partial charge in [-0.2, -0.15) is 5.26 Å². The monoisotopic (exact) mass is 348 g/mol. The van der Waals surface area contributed by atoms with E-state index in [1.807, 2.05) is 35.2 Å². The van der Waals surface area contributed by atoms with Crippen LogP contribution < -0.4 is 4.90 Å². The van der Waals surface area contributed by atoms with Crippen LogP contribution in [0.3, 0.4) is 0 Å². The summed E-state index contributed by atoms with van der Waals surface area (Å²) < 4.78 is 19.8. The van der Waals surface area contributed by atoms with Gasteiger partial charge in [0.25, 0.3) is 0 Å². The molecule has 0 saturated carbocycles. The van der Waals surface area contributed by atoms with Crippen molar-refractivity contribution in [2.24, 2.45) is 0 Å². The van der Waals surface area contributed by atoms with E-state index in [0.717, 1.165) is 11.0 Å². The highest BCUT2D eigenvalue weighted by Gasteiger charge is 2.15. The molecule has 2 aromatic carbocycles. The number of nitrogens with zero attached hydrogens (tertiary/aromatic N) is 3. The summed E-state index contributed by atoms with van der Waals surface area (Å²) in [6, 6.07) is 14.7. The number of hydrogen-bond acceptors (Lipinski definition) is 4. The predicted molar refractivity (Wildman–Crippen MR) is 99.0 cm³/mol. The molecule has 0 bridgehead atoms. The van der Waals surface area contributed by atoms with Crippen molar-refractivity contribution < 1.29 is 9.13 Å². The van der Waals surface area contributed by atoms with Gasteiger partial charge in [0.05, 0.1) is 35.5 Å². The zero-order valence-electron chi connectivity index (χ0n) is 14.1. The molecular formula is C20H17FN4O. The molecule has 1 fully saturated rings. The molecule has 1 N–H and O–H groups in total. The van der Waals surface area contributed by atoms with E-state index in [4.69, 9.17) is 4.74 Å². The van der Waals surface area contributed by atoms with Gasteiger partial charge in [0.15, 0.2) is 0 Å². The van der Waals surface area contributed by atoms with Gasteiger partial charge in [0, 0.05) is 13.1 Å². The van der Waals surface area contributed by atoms with Gasteiger partial charge in [0.1, 0.15) is 17.7 Å². The van der Waals surface area contributed by atoms with Crippen molar-refractivity contribution in [3.63, 3.8) is 0 Å². The number of allylic oxidation sites excluding steroid dienone is 1. The quantitative estimate of drug-likeness (QED) is 0.735. The zero-order chi connectivity index (χ0) is 17.9. The largest absolute Gasteiger partial charge is 0.378 e. The van der Waals surface area contributed by atoms with Crippen LogP contribution >= 0.6 is 0 Å². The molecule has 1 saturated heterocycles. The number of hydrogen-bond donors (Lipinski definition) is 1. The zero-order valence-corrected chi connectivity index (χ0v) is 14.1. The number of ether oxygens (including phenoxy) is 1. The summed E-state index contributed by atoms with van der Waals surface area (Å²) in [7, 11) is 0. The van der Waals surface area contributed by atoms with E-state index in [1.165, 1.54) is 6.07 Å². The Kier molecular flexibility index (Phi) is 4.38. The van der Waals surface area contributed by atoms with E-state index >= 15 is 0 Å². The highest BCUT2D eigenvalue weighted by Crippen LogP contribution is 2.24. The maximum Gasteiger partial charge on any atom is 0.149 e. The summed E-state index contributed by atoms with van der Waals surface area (Å²) >= 11 is 0. The van der Waals surface area contributed by atoms with Crippen LogP contribution in [-0.4, -0.2) is 36.3 Å². The van der Waals surface area contributed by atoms with Gasteiger partial charge < -0.3 is 14.6 Å². The lowest BCUT2D eigenvalue weighted by molar-refractivity contribution is 0.122. The van der Waals surface area contributed by atoms with Crippen molar-refractivity contribution in [1.29, 1.82) is 5.26 Å². The van der Waals surface area contributed by atoms with E-state index in [2.05, 4.69) is 16.0 Å². The maximum absolute atomic E-state index is 14.5. The minimum atomic E-state index is -0.303. The molecule has 0 amide bonds. The van der Waals surface area contributed by atoms with Crippen molar-refractivity contribution in [2.75, 3.05) is 31.2 Å². The maximum atomic E-state index is 14.5. The second-order valence-electron chi connectivity index (χ2n) is 6.08. The first-order chi connectivity index (χ1) is 12.7. The normalized spacial score (nSPS) is 15.2. The van der Waals surface area contributed by atoms with Gasteiger partial charge in [-0.25, -0.2) is 9.37 Å². The number of nitrogens with one attached hydrogen (secondary N) is 1. The Bertz CT molecular complexity index is 979. The van der Waals surface area contributed by atoms with Crippen LogP contribution in [0.25, 0.3) is 22.7 Å². The third-order valence-electron chi connectivity index (χ3n) is 4.40. The molecule has 26 heavy (non-hydrogen) atoms. The molecule has 0 atom stereocenters. The van der Waals surface area contributed by atoms with E-state index in [9.17, 15) is 9.65 Å². The topological polar surface area (TPSA) is 64.9 Å². The first-order valence-electron chi connectivity index (χ1n) is 8.44. The minimum absolute atomic E-state index is 0.303. The summed E-state index contributed by atoms with van der Waals surface area (Å²) in [6.45, 7) is 2.56. The summed E-state index contributed by atoms with van der Waals surface area (Å²) in [4.78, 5) is 9.53. The Balaban J connectivity index is 1.65. The minimum Gasteiger partial charge on any atom is -0.378 e. The molecule has 0 radical (unpaired) electrons. The van der Waals surface area contributed by atoms with Crippen LogP contribution in [0, 0.1) is 17.1 Å². The van der Waals surface area contributed by atoms with Crippen molar-refractivity contribution in [3.8, 4) is 6.07 Å². The van der Waals surface area contributed by atoms with Crippen LogP contribution in [0.2, 0.25) is 0 Å². The van der Waals surface area contributed by atoms with Crippen molar-refractivity contribution in [3.05, 3.63) is 59.7 Å². The van der Waals surface area contributed by atoms with Crippen LogP contribution in [0.4, 0.5) is 10.1 Å². The second kappa shape index (κ2) is 6.98. The van der Waals surface area contributed by atoms with Crippen LogP contribution in [0.1, 0.15) is 11.4 Å². The fourth-order valence-electron chi connectivity index (χ4n) is 3.07. The average Bonchev–Trinajstić information content (AvgIpc) is 3.11. The van der Waals surface area contributed by atoms with E-state index in [1.54, 1.807) is 12.1 Å². The van der Waals surface area contributed by atoms with Crippen molar-refractivity contribution >= 4 is 28.4 Å². The number of aromatic nitrogens is 2.